The number of hydrogen-bond acceptors (Lipinski definition) is 3. The summed E-state index contributed by atoms with van der Waals surface area (Å²) >= 11 is 0. The summed E-state index contributed by atoms with van der Waals surface area (Å²) in [6, 6.07) is 18.5. The van der Waals surface area contributed by atoms with Gasteiger partial charge in [-0.2, -0.15) is 0 Å². The Morgan fingerprint density at radius 3 is 2.52 bits per heavy atom. The zero-order valence-corrected chi connectivity index (χ0v) is 13.4. The van der Waals surface area contributed by atoms with E-state index in [1.165, 1.54) is 16.3 Å². The van der Waals surface area contributed by atoms with Gasteiger partial charge in [-0.3, -0.25) is 4.98 Å². The molecule has 0 saturated carbocycles. The fourth-order valence-corrected chi connectivity index (χ4v) is 2.78. The fraction of sp³-hybridized carbons (Fsp3) is 0.250. The van der Waals surface area contributed by atoms with E-state index in [0.717, 1.165) is 18.5 Å². The Bertz CT molecular complexity index is 758. The minimum Gasteiger partial charge on any atom is -0.387 e. The van der Waals surface area contributed by atoms with Crippen molar-refractivity contribution in [2.75, 3.05) is 20.1 Å². The molecule has 118 valence electrons. The van der Waals surface area contributed by atoms with Crippen molar-refractivity contribution in [3.05, 3.63) is 78.1 Å². The van der Waals surface area contributed by atoms with Crippen molar-refractivity contribution in [2.45, 2.75) is 12.5 Å². The summed E-state index contributed by atoms with van der Waals surface area (Å²) in [5.74, 6) is 0. The average molecular weight is 306 g/mol. The number of likely N-dealkylation sites (N-methyl/N-ethyl adjacent to an activating group) is 1. The largest absolute Gasteiger partial charge is 0.387 e. The normalized spacial score (nSPS) is 12.7. The van der Waals surface area contributed by atoms with Gasteiger partial charge in [0, 0.05) is 25.5 Å². The summed E-state index contributed by atoms with van der Waals surface area (Å²) in [5, 5.41) is 12.9. The number of rotatable bonds is 6. The molecule has 23 heavy (non-hydrogen) atoms. The molecule has 0 bridgehead atoms. The van der Waals surface area contributed by atoms with Crippen molar-refractivity contribution in [1.82, 2.24) is 9.88 Å². The van der Waals surface area contributed by atoms with Crippen molar-refractivity contribution in [3.8, 4) is 0 Å². The lowest BCUT2D eigenvalue weighted by atomic mass is 10.0. The molecule has 0 saturated heterocycles. The summed E-state index contributed by atoms with van der Waals surface area (Å²) < 4.78 is 0. The van der Waals surface area contributed by atoms with Crippen molar-refractivity contribution >= 4 is 10.8 Å². The van der Waals surface area contributed by atoms with Crippen LogP contribution in [0.1, 0.15) is 17.2 Å². The predicted octanol–water partition coefficient (Wildman–Crippen LogP) is 3.44. The number of benzene rings is 2. The molecule has 3 nitrogen and oxygen atoms in total. The third-order valence-corrected chi connectivity index (χ3v) is 4.17. The van der Waals surface area contributed by atoms with E-state index in [0.29, 0.717) is 6.54 Å². The van der Waals surface area contributed by atoms with Gasteiger partial charge in [0.05, 0.1) is 6.10 Å². The molecule has 3 heteroatoms. The number of hydrogen-bond donors (Lipinski definition) is 1. The van der Waals surface area contributed by atoms with Crippen LogP contribution in [0.5, 0.6) is 0 Å². The quantitative estimate of drug-likeness (QED) is 0.758. The molecule has 0 fully saturated rings. The molecule has 1 unspecified atom stereocenters. The lowest BCUT2D eigenvalue weighted by Crippen LogP contribution is -2.26. The Morgan fingerprint density at radius 1 is 1.00 bits per heavy atom. The summed E-state index contributed by atoms with van der Waals surface area (Å²) in [5.41, 5.74) is 2.24. The van der Waals surface area contributed by atoms with E-state index in [9.17, 15) is 5.11 Å². The van der Waals surface area contributed by atoms with Crippen LogP contribution in [0.15, 0.2) is 67.0 Å². The molecule has 1 atom stereocenters. The number of aliphatic hydroxyl groups is 1. The van der Waals surface area contributed by atoms with Crippen molar-refractivity contribution < 1.29 is 5.11 Å². The maximum absolute atomic E-state index is 10.5. The number of fused-ring (bicyclic) bond motifs is 1. The Morgan fingerprint density at radius 2 is 1.74 bits per heavy atom. The first-order valence-electron chi connectivity index (χ1n) is 7.96. The third kappa shape index (κ3) is 4.15. The summed E-state index contributed by atoms with van der Waals surface area (Å²) in [6.45, 7) is 1.54. The van der Waals surface area contributed by atoms with Crippen molar-refractivity contribution in [1.29, 1.82) is 0 Å². The van der Waals surface area contributed by atoms with Crippen LogP contribution in [0.2, 0.25) is 0 Å². The Labute approximate surface area is 137 Å². The van der Waals surface area contributed by atoms with Crippen molar-refractivity contribution in [3.63, 3.8) is 0 Å². The number of nitrogens with zero attached hydrogens (tertiary/aromatic N) is 2. The molecular formula is C20H22N2O. The summed E-state index contributed by atoms with van der Waals surface area (Å²) in [4.78, 5) is 6.20. The molecule has 1 aromatic heterocycles. The van der Waals surface area contributed by atoms with E-state index in [2.05, 4.69) is 34.1 Å². The molecule has 3 aromatic rings. The molecule has 0 amide bonds. The Hall–Kier alpha value is -2.23. The highest BCUT2D eigenvalue weighted by Crippen LogP contribution is 2.21. The van der Waals surface area contributed by atoms with E-state index in [1.54, 1.807) is 0 Å². The lowest BCUT2D eigenvalue weighted by Gasteiger charge is -2.21. The summed E-state index contributed by atoms with van der Waals surface area (Å²) in [6.07, 6.45) is 4.13. The van der Waals surface area contributed by atoms with Gasteiger partial charge in [0.25, 0.3) is 0 Å². The van der Waals surface area contributed by atoms with E-state index in [-0.39, 0.29) is 0 Å². The number of aliphatic hydroxyl groups excluding tert-OH is 1. The Kier molecular flexibility index (Phi) is 5.01. The minimum absolute atomic E-state index is 0.470. The average Bonchev–Trinajstić information content (AvgIpc) is 2.60. The van der Waals surface area contributed by atoms with Crippen LogP contribution in [0.4, 0.5) is 0 Å². The topological polar surface area (TPSA) is 36.4 Å². The first-order chi connectivity index (χ1) is 11.2. The molecular weight excluding hydrogens is 284 g/mol. The highest BCUT2D eigenvalue weighted by Gasteiger charge is 2.11. The van der Waals surface area contributed by atoms with Gasteiger partial charge in [-0.15, -0.1) is 0 Å². The minimum atomic E-state index is -0.470. The van der Waals surface area contributed by atoms with Gasteiger partial charge in [0.1, 0.15) is 0 Å². The monoisotopic (exact) mass is 306 g/mol. The molecule has 2 aromatic carbocycles. The van der Waals surface area contributed by atoms with Gasteiger partial charge < -0.3 is 10.0 Å². The highest BCUT2D eigenvalue weighted by atomic mass is 16.3. The van der Waals surface area contributed by atoms with E-state index in [1.807, 2.05) is 49.8 Å². The van der Waals surface area contributed by atoms with Crippen LogP contribution in [0, 0.1) is 0 Å². The zero-order valence-electron chi connectivity index (χ0n) is 13.4. The van der Waals surface area contributed by atoms with E-state index < -0.39 is 6.10 Å². The van der Waals surface area contributed by atoms with Gasteiger partial charge in [-0.1, -0.05) is 36.4 Å². The van der Waals surface area contributed by atoms with Crippen molar-refractivity contribution in [2.24, 2.45) is 0 Å². The molecule has 0 radical (unpaired) electrons. The Balaban J connectivity index is 1.59. The van der Waals surface area contributed by atoms with Crippen LogP contribution in [0.3, 0.4) is 0 Å². The fourth-order valence-electron chi connectivity index (χ4n) is 2.78. The van der Waals surface area contributed by atoms with Crippen LogP contribution in [-0.2, 0) is 6.42 Å². The highest BCUT2D eigenvalue weighted by molar-refractivity contribution is 5.83. The third-order valence-electron chi connectivity index (χ3n) is 4.17. The maximum Gasteiger partial charge on any atom is 0.0917 e. The van der Waals surface area contributed by atoms with Gasteiger partial charge in [0.2, 0.25) is 0 Å². The SMILES string of the molecule is CN(CCc1ccncc1)CC(O)c1ccc2ccccc2c1. The van der Waals surface area contributed by atoms with Crippen LogP contribution in [0.25, 0.3) is 10.8 Å². The maximum atomic E-state index is 10.5. The smallest absolute Gasteiger partial charge is 0.0917 e. The molecule has 0 spiro atoms. The van der Waals surface area contributed by atoms with Gasteiger partial charge >= 0.3 is 0 Å². The molecule has 3 rings (SSSR count). The standard InChI is InChI=1S/C20H22N2O/c1-22(13-10-16-8-11-21-12-9-16)15-20(23)19-7-6-17-4-2-3-5-18(17)14-19/h2-9,11-12,14,20,23H,10,13,15H2,1H3. The molecule has 0 aliphatic rings. The van der Waals surface area contributed by atoms with Crippen LogP contribution < -0.4 is 0 Å². The molecule has 1 N–H and O–H groups in total. The lowest BCUT2D eigenvalue weighted by molar-refractivity contribution is 0.127. The first kappa shape index (κ1) is 15.7. The van der Waals surface area contributed by atoms with Crippen LogP contribution >= 0.6 is 0 Å². The van der Waals surface area contributed by atoms with E-state index >= 15 is 0 Å². The summed E-state index contributed by atoms with van der Waals surface area (Å²) in [7, 11) is 2.05. The molecule has 1 heterocycles. The first-order valence-corrected chi connectivity index (χ1v) is 7.96. The number of pyridine rings is 1. The van der Waals surface area contributed by atoms with Gasteiger partial charge in [-0.25, -0.2) is 0 Å². The second kappa shape index (κ2) is 7.36. The van der Waals surface area contributed by atoms with Gasteiger partial charge in [-0.05, 0) is 53.6 Å². The second-order valence-electron chi connectivity index (χ2n) is 5.99. The van der Waals surface area contributed by atoms with Gasteiger partial charge in [0.15, 0.2) is 0 Å². The number of aromatic nitrogens is 1. The van der Waals surface area contributed by atoms with E-state index in [4.69, 9.17) is 0 Å². The zero-order chi connectivity index (χ0) is 16.1. The molecule has 0 aliphatic carbocycles. The molecule has 0 aliphatic heterocycles. The second-order valence-corrected chi connectivity index (χ2v) is 5.99. The predicted molar refractivity (Wildman–Crippen MR) is 94.3 cm³/mol. The van der Waals surface area contributed by atoms with Crippen LogP contribution in [-0.4, -0.2) is 35.1 Å².